The van der Waals surface area contributed by atoms with Crippen molar-refractivity contribution in [1.29, 1.82) is 0 Å². The van der Waals surface area contributed by atoms with Gasteiger partial charge < -0.3 is 4.74 Å². The molecule has 9 heteroatoms. The highest BCUT2D eigenvalue weighted by Gasteiger charge is 2.30. The van der Waals surface area contributed by atoms with E-state index in [1.165, 1.54) is 27.8 Å². The molecule has 0 amide bonds. The highest BCUT2D eigenvalue weighted by atomic mass is 32.2. The molecule has 1 atom stereocenters. The summed E-state index contributed by atoms with van der Waals surface area (Å²) < 4.78 is 33.3. The molecular weight excluding hydrogens is 376 g/mol. The number of nitrogens with zero attached hydrogens (tertiary/aromatic N) is 2. The van der Waals surface area contributed by atoms with Crippen LogP contribution in [0.15, 0.2) is 40.6 Å². The third kappa shape index (κ3) is 4.12. The lowest BCUT2D eigenvalue weighted by Gasteiger charge is -2.24. The number of hydrogen-bond donors (Lipinski definition) is 0. The van der Waals surface area contributed by atoms with E-state index >= 15 is 0 Å². The molecule has 1 aromatic carbocycles. The predicted octanol–water partition coefficient (Wildman–Crippen LogP) is 3.33. The summed E-state index contributed by atoms with van der Waals surface area (Å²) in [6.07, 6.45) is 1.57. The topological polar surface area (TPSA) is 89.8 Å². The van der Waals surface area contributed by atoms with Crippen LogP contribution in [0.2, 0.25) is 0 Å². The van der Waals surface area contributed by atoms with E-state index in [9.17, 15) is 18.5 Å². The Kier molecular flexibility index (Phi) is 5.71. The van der Waals surface area contributed by atoms with E-state index in [4.69, 9.17) is 4.74 Å². The van der Waals surface area contributed by atoms with Crippen LogP contribution in [0.1, 0.15) is 23.3 Å². The summed E-state index contributed by atoms with van der Waals surface area (Å²) in [5.41, 5.74) is 0.233. The van der Waals surface area contributed by atoms with Gasteiger partial charge in [-0.2, -0.15) is 4.31 Å². The van der Waals surface area contributed by atoms with Crippen molar-refractivity contribution in [2.75, 3.05) is 13.2 Å². The zero-order valence-corrected chi connectivity index (χ0v) is 16.0. The van der Waals surface area contributed by atoms with E-state index in [0.717, 1.165) is 23.8 Å². The predicted molar refractivity (Wildman–Crippen MR) is 98.7 cm³/mol. The molecule has 1 fully saturated rings. The molecule has 26 heavy (non-hydrogen) atoms. The van der Waals surface area contributed by atoms with Gasteiger partial charge in [-0.05, 0) is 37.3 Å². The Morgan fingerprint density at radius 1 is 1.38 bits per heavy atom. The number of ether oxygens (including phenoxy) is 1. The van der Waals surface area contributed by atoms with Crippen LogP contribution in [-0.4, -0.2) is 36.9 Å². The normalized spacial score (nSPS) is 17.7. The van der Waals surface area contributed by atoms with Gasteiger partial charge >= 0.3 is 0 Å². The maximum absolute atomic E-state index is 13.2. The molecule has 7 nitrogen and oxygen atoms in total. The van der Waals surface area contributed by atoms with Crippen LogP contribution in [0, 0.1) is 17.0 Å². The number of rotatable bonds is 7. The standard InChI is InChI=1S/C17H20N2O5S2/c1-13-6-7-16(10-17(13)19(20)21)26(22,23)18(11-14-4-2-8-24-14)12-15-5-3-9-25-15/h3,5-7,9-10,14H,2,4,8,11-12H2,1H3. The Morgan fingerprint density at radius 2 is 2.19 bits per heavy atom. The Morgan fingerprint density at radius 3 is 2.81 bits per heavy atom. The van der Waals surface area contributed by atoms with E-state index < -0.39 is 14.9 Å². The fourth-order valence-corrected chi connectivity index (χ4v) is 5.21. The van der Waals surface area contributed by atoms with Crippen LogP contribution in [0.5, 0.6) is 0 Å². The number of nitro benzene ring substituents is 1. The Bertz CT molecular complexity index is 875. The van der Waals surface area contributed by atoms with Crippen LogP contribution < -0.4 is 0 Å². The summed E-state index contributed by atoms with van der Waals surface area (Å²) in [7, 11) is -3.88. The number of sulfonamides is 1. The summed E-state index contributed by atoms with van der Waals surface area (Å²) >= 11 is 1.48. The van der Waals surface area contributed by atoms with Crippen LogP contribution in [-0.2, 0) is 21.3 Å². The minimum absolute atomic E-state index is 0.0654. The van der Waals surface area contributed by atoms with Crippen molar-refractivity contribution in [3.8, 4) is 0 Å². The average molecular weight is 396 g/mol. The summed E-state index contributed by atoms with van der Waals surface area (Å²) in [5.74, 6) is 0. The molecule has 2 heterocycles. The van der Waals surface area contributed by atoms with Gasteiger partial charge in [0.05, 0.1) is 15.9 Å². The van der Waals surface area contributed by atoms with E-state index in [0.29, 0.717) is 12.2 Å². The molecular formula is C17H20N2O5S2. The lowest BCUT2D eigenvalue weighted by Crippen LogP contribution is -2.36. The molecule has 0 spiro atoms. The SMILES string of the molecule is Cc1ccc(S(=O)(=O)N(Cc2cccs2)CC2CCCO2)cc1[N+](=O)[O-]. The fourth-order valence-electron chi connectivity index (χ4n) is 2.93. The first-order valence-electron chi connectivity index (χ1n) is 8.27. The third-order valence-electron chi connectivity index (χ3n) is 4.36. The molecule has 0 N–H and O–H groups in total. The summed E-state index contributed by atoms with van der Waals surface area (Å²) in [6.45, 7) is 2.68. The highest BCUT2D eigenvalue weighted by molar-refractivity contribution is 7.89. The smallest absolute Gasteiger partial charge is 0.273 e. The first-order valence-corrected chi connectivity index (χ1v) is 10.6. The molecule has 1 saturated heterocycles. The second-order valence-electron chi connectivity index (χ2n) is 6.22. The van der Waals surface area contributed by atoms with Gasteiger partial charge in [0.1, 0.15) is 0 Å². The van der Waals surface area contributed by atoms with Crippen molar-refractivity contribution in [2.45, 2.75) is 37.3 Å². The summed E-state index contributed by atoms with van der Waals surface area (Å²) in [6, 6.07) is 7.78. The van der Waals surface area contributed by atoms with Gasteiger partial charge in [0.15, 0.2) is 0 Å². The molecule has 0 bridgehead atoms. The van der Waals surface area contributed by atoms with Crippen LogP contribution in [0.25, 0.3) is 0 Å². The second kappa shape index (κ2) is 7.83. The number of aryl methyl sites for hydroxylation is 1. The third-order valence-corrected chi connectivity index (χ3v) is 7.03. The van der Waals surface area contributed by atoms with Gasteiger partial charge in [-0.25, -0.2) is 8.42 Å². The molecule has 1 aliphatic heterocycles. The van der Waals surface area contributed by atoms with Gasteiger partial charge in [-0.1, -0.05) is 12.1 Å². The van der Waals surface area contributed by atoms with Crippen LogP contribution in [0.4, 0.5) is 5.69 Å². The maximum Gasteiger partial charge on any atom is 0.273 e. The van der Waals surface area contributed by atoms with E-state index in [2.05, 4.69) is 0 Å². The molecule has 2 aromatic rings. The minimum Gasteiger partial charge on any atom is -0.377 e. The van der Waals surface area contributed by atoms with Crippen molar-refractivity contribution >= 4 is 27.0 Å². The first-order chi connectivity index (χ1) is 12.4. The van der Waals surface area contributed by atoms with Crippen molar-refractivity contribution < 1.29 is 18.1 Å². The number of nitro groups is 1. The molecule has 1 aromatic heterocycles. The average Bonchev–Trinajstić information content (AvgIpc) is 3.28. The first kappa shape index (κ1) is 19.0. The van der Waals surface area contributed by atoms with E-state index in [1.54, 1.807) is 6.92 Å². The van der Waals surface area contributed by atoms with Gasteiger partial charge in [-0.15, -0.1) is 11.3 Å². The number of benzene rings is 1. The van der Waals surface area contributed by atoms with Gasteiger partial charge in [0.25, 0.3) is 5.69 Å². The Hall–Kier alpha value is -1.81. The lowest BCUT2D eigenvalue weighted by atomic mass is 10.2. The highest BCUT2D eigenvalue weighted by Crippen LogP contribution is 2.27. The molecule has 0 saturated carbocycles. The van der Waals surface area contributed by atoms with Crippen molar-refractivity contribution in [3.05, 3.63) is 56.3 Å². The quantitative estimate of drug-likeness (QED) is 0.529. The van der Waals surface area contributed by atoms with Crippen molar-refractivity contribution in [1.82, 2.24) is 4.31 Å². The van der Waals surface area contributed by atoms with E-state index in [1.807, 2.05) is 17.5 Å². The minimum atomic E-state index is -3.88. The van der Waals surface area contributed by atoms with Gasteiger partial charge in [0.2, 0.25) is 10.0 Å². The monoisotopic (exact) mass is 396 g/mol. The maximum atomic E-state index is 13.2. The number of thiophene rings is 1. The Balaban J connectivity index is 1.94. The van der Waals surface area contributed by atoms with Crippen LogP contribution >= 0.6 is 11.3 Å². The molecule has 3 rings (SSSR count). The van der Waals surface area contributed by atoms with Crippen molar-refractivity contribution in [3.63, 3.8) is 0 Å². The van der Waals surface area contributed by atoms with Gasteiger partial charge in [-0.3, -0.25) is 10.1 Å². The molecule has 1 aliphatic rings. The summed E-state index contributed by atoms with van der Waals surface area (Å²) in [4.78, 5) is 11.5. The second-order valence-corrected chi connectivity index (χ2v) is 9.19. The van der Waals surface area contributed by atoms with Gasteiger partial charge in [0, 0.05) is 36.2 Å². The molecule has 0 aliphatic carbocycles. The largest absolute Gasteiger partial charge is 0.377 e. The fraction of sp³-hybridized carbons (Fsp3) is 0.412. The van der Waals surface area contributed by atoms with Crippen molar-refractivity contribution in [2.24, 2.45) is 0 Å². The molecule has 140 valence electrons. The number of hydrogen-bond acceptors (Lipinski definition) is 6. The summed E-state index contributed by atoms with van der Waals surface area (Å²) in [5, 5.41) is 13.1. The zero-order chi connectivity index (χ0) is 18.7. The molecule has 1 unspecified atom stereocenters. The Labute approximate surface area is 156 Å². The van der Waals surface area contributed by atoms with E-state index in [-0.39, 0.29) is 29.8 Å². The lowest BCUT2D eigenvalue weighted by molar-refractivity contribution is -0.385. The molecule has 0 radical (unpaired) electrons. The van der Waals surface area contributed by atoms with Crippen LogP contribution in [0.3, 0.4) is 0 Å². The zero-order valence-electron chi connectivity index (χ0n) is 14.3.